The van der Waals surface area contributed by atoms with E-state index in [0.717, 1.165) is 24.7 Å². The van der Waals surface area contributed by atoms with Gasteiger partial charge >= 0.3 is 24.0 Å². The van der Waals surface area contributed by atoms with Crippen molar-refractivity contribution in [1.29, 1.82) is 0 Å². The van der Waals surface area contributed by atoms with Crippen molar-refractivity contribution < 1.29 is 40.3 Å². The molecule has 9 heteroatoms. The maximum atomic E-state index is 13.5. The van der Waals surface area contributed by atoms with Gasteiger partial charge in [0.25, 0.3) is 0 Å². The molecule has 2 nitrogen and oxygen atoms in total. The van der Waals surface area contributed by atoms with E-state index in [-0.39, 0.29) is 12.8 Å². The lowest BCUT2D eigenvalue weighted by Crippen LogP contribution is -2.57. The highest BCUT2D eigenvalue weighted by atomic mass is 19.4. The summed E-state index contributed by atoms with van der Waals surface area (Å²) < 4.78 is 94.6. The molecule has 0 aromatic heterocycles. The number of halogens is 7. The van der Waals surface area contributed by atoms with Crippen molar-refractivity contribution in [2.75, 3.05) is 0 Å². The van der Waals surface area contributed by atoms with Gasteiger partial charge in [0, 0.05) is 0 Å². The zero-order chi connectivity index (χ0) is 26.6. The Morgan fingerprint density at radius 3 is 1.81 bits per heavy atom. The Balaban J connectivity index is 1.40. The Kier molecular flexibility index (Phi) is 9.81. The van der Waals surface area contributed by atoms with E-state index in [4.69, 9.17) is 0 Å². The standard InChI is InChI=1S/C27H39F7O2/c1-2-3-4-5-18-6-8-19(9-7-18)20-10-12-21(13-11-20)22-14-16-23(17-15-22)36-24(35)25(28,29)26(30,31)27(32,33)34/h6,19-23H,2-5,7-17H2,1H3. The van der Waals surface area contributed by atoms with Crippen LogP contribution in [0.5, 0.6) is 0 Å². The van der Waals surface area contributed by atoms with Gasteiger partial charge in [0.05, 0.1) is 0 Å². The Morgan fingerprint density at radius 2 is 1.33 bits per heavy atom. The van der Waals surface area contributed by atoms with Crippen molar-refractivity contribution in [2.45, 2.75) is 127 Å². The predicted molar refractivity (Wildman–Crippen MR) is 123 cm³/mol. The molecule has 3 rings (SSSR count). The second-order valence-electron chi connectivity index (χ2n) is 11.1. The number of allylic oxidation sites excluding steroid dienone is 2. The Morgan fingerprint density at radius 1 is 0.806 bits per heavy atom. The van der Waals surface area contributed by atoms with Crippen LogP contribution in [0.2, 0.25) is 0 Å². The summed E-state index contributed by atoms with van der Waals surface area (Å²) in [6.07, 6.45) is 9.69. The largest absolute Gasteiger partial charge is 0.460 e. The fourth-order valence-corrected chi connectivity index (χ4v) is 6.46. The SMILES string of the molecule is CCCCCC1=CCC(C2CCC(C3CCC(OC(=O)C(F)(F)C(F)(F)C(F)(F)F)CC3)CC2)CC1. The average Bonchev–Trinajstić information content (AvgIpc) is 2.84. The molecule has 2 fully saturated rings. The number of rotatable bonds is 9. The van der Waals surface area contributed by atoms with Crippen molar-refractivity contribution in [1.82, 2.24) is 0 Å². The van der Waals surface area contributed by atoms with Gasteiger partial charge < -0.3 is 4.74 Å². The topological polar surface area (TPSA) is 26.3 Å². The van der Waals surface area contributed by atoms with Gasteiger partial charge in [-0.15, -0.1) is 0 Å². The highest BCUT2D eigenvalue weighted by Crippen LogP contribution is 2.48. The van der Waals surface area contributed by atoms with Gasteiger partial charge in [-0.2, -0.15) is 30.7 Å². The molecule has 0 aliphatic heterocycles. The average molecular weight is 529 g/mol. The molecule has 0 bridgehead atoms. The molecule has 0 aromatic carbocycles. The van der Waals surface area contributed by atoms with Crippen LogP contribution in [0.25, 0.3) is 0 Å². The summed E-state index contributed by atoms with van der Waals surface area (Å²) >= 11 is 0. The van der Waals surface area contributed by atoms with Gasteiger partial charge in [0.15, 0.2) is 0 Å². The van der Waals surface area contributed by atoms with Crippen molar-refractivity contribution in [3.05, 3.63) is 11.6 Å². The molecule has 0 amide bonds. The molecule has 0 aromatic rings. The Bertz CT molecular complexity index is 746. The summed E-state index contributed by atoms with van der Waals surface area (Å²) in [7, 11) is 0. The van der Waals surface area contributed by atoms with Gasteiger partial charge in [0.1, 0.15) is 6.10 Å². The molecule has 1 atom stereocenters. The van der Waals surface area contributed by atoms with E-state index < -0.39 is 30.1 Å². The third-order valence-electron chi connectivity index (χ3n) is 8.80. The Hall–Kier alpha value is -1.28. The minimum atomic E-state index is -6.54. The zero-order valence-corrected chi connectivity index (χ0v) is 21.0. The van der Waals surface area contributed by atoms with Gasteiger partial charge in [-0.3, -0.25) is 0 Å². The zero-order valence-electron chi connectivity index (χ0n) is 21.0. The maximum absolute atomic E-state index is 13.5. The van der Waals surface area contributed by atoms with Crippen LogP contribution in [0.3, 0.4) is 0 Å². The van der Waals surface area contributed by atoms with Crippen LogP contribution in [0, 0.1) is 23.7 Å². The molecule has 208 valence electrons. The van der Waals surface area contributed by atoms with E-state index in [1.165, 1.54) is 57.8 Å². The minimum Gasteiger partial charge on any atom is -0.458 e. The van der Waals surface area contributed by atoms with E-state index in [1.807, 2.05) is 0 Å². The highest BCUT2D eigenvalue weighted by Gasteiger charge is 2.77. The third-order valence-corrected chi connectivity index (χ3v) is 8.80. The number of hydrogen-bond donors (Lipinski definition) is 0. The number of esters is 1. The summed E-state index contributed by atoms with van der Waals surface area (Å²) in [5.41, 5.74) is 1.62. The van der Waals surface area contributed by atoms with Crippen molar-refractivity contribution >= 4 is 5.97 Å². The molecule has 1 unspecified atom stereocenters. The van der Waals surface area contributed by atoms with E-state index in [0.29, 0.717) is 24.7 Å². The van der Waals surface area contributed by atoms with E-state index in [2.05, 4.69) is 17.7 Å². The molecule has 3 aliphatic rings. The number of ether oxygens (including phenoxy) is 1. The first-order valence-electron chi connectivity index (χ1n) is 13.6. The second-order valence-corrected chi connectivity index (χ2v) is 11.1. The first-order valence-corrected chi connectivity index (χ1v) is 13.6. The first kappa shape index (κ1) is 29.3. The third kappa shape index (κ3) is 6.77. The van der Waals surface area contributed by atoms with Crippen LogP contribution in [-0.4, -0.2) is 30.1 Å². The van der Waals surface area contributed by atoms with E-state index in [1.54, 1.807) is 5.57 Å². The normalized spacial score (nSPS) is 30.6. The lowest BCUT2D eigenvalue weighted by atomic mass is 9.66. The Labute approximate surface area is 209 Å². The lowest BCUT2D eigenvalue weighted by molar-refractivity contribution is -0.349. The molecule has 0 saturated heterocycles. The molecular formula is C27H39F7O2. The van der Waals surface area contributed by atoms with E-state index in [9.17, 15) is 35.5 Å². The quantitative estimate of drug-likeness (QED) is 0.129. The van der Waals surface area contributed by atoms with E-state index >= 15 is 0 Å². The second kappa shape index (κ2) is 12.1. The summed E-state index contributed by atoms with van der Waals surface area (Å²) in [5.74, 6) is -12.9. The highest BCUT2D eigenvalue weighted by molar-refractivity contribution is 5.79. The molecule has 36 heavy (non-hydrogen) atoms. The summed E-state index contributed by atoms with van der Waals surface area (Å²) in [4.78, 5) is 11.5. The first-order chi connectivity index (χ1) is 16.9. The van der Waals surface area contributed by atoms with Crippen LogP contribution < -0.4 is 0 Å². The molecule has 0 radical (unpaired) electrons. The van der Waals surface area contributed by atoms with Gasteiger partial charge in [-0.25, -0.2) is 4.79 Å². The predicted octanol–water partition coefficient (Wildman–Crippen LogP) is 9.03. The lowest BCUT2D eigenvalue weighted by Gasteiger charge is -2.40. The van der Waals surface area contributed by atoms with Gasteiger partial charge in [0.2, 0.25) is 0 Å². The number of unbranched alkanes of at least 4 members (excludes halogenated alkanes) is 2. The van der Waals surface area contributed by atoms with Crippen molar-refractivity contribution in [3.8, 4) is 0 Å². The van der Waals surface area contributed by atoms with Crippen LogP contribution in [0.15, 0.2) is 11.6 Å². The summed E-state index contributed by atoms with van der Waals surface area (Å²) in [5, 5.41) is 0. The minimum absolute atomic E-state index is 0.207. The maximum Gasteiger partial charge on any atom is 0.460 e. The van der Waals surface area contributed by atoms with Crippen LogP contribution >= 0.6 is 0 Å². The number of carbonyl (C=O) groups excluding carboxylic acids is 1. The van der Waals surface area contributed by atoms with Crippen LogP contribution in [0.4, 0.5) is 30.7 Å². The summed E-state index contributed by atoms with van der Waals surface area (Å²) in [6, 6.07) is 0. The van der Waals surface area contributed by atoms with Crippen molar-refractivity contribution in [3.63, 3.8) is 0 Å². The monoisotopic (exact) mass is 528 g/mol. The number of hydrogen-bond acceptors (Lipinski definition) is 2. The molecule has 3 aliphatic carbocycles. The smallest absolute Gasteiger partial charge is 0.458 e. The van der Waals surface area contributed by atoms with Gasteiger partial charge in [-0.05, 0) is 107 Å². The van der Waals surface area contributed by atoms with Crippen LogP contribution in [0.1, 0.15) is 103 Å². The summed E-state index contributed by atoms with van der Waals surface area (Å²) in [6.45, 7) is 2.22. The number of alkyl halides is 7. The molecule has 0 N–H and O–H groups in total. The van der Waals surface area contributed by atoms with Gasteiger partial charge in [-0.1, -0.05) is 31.4 Å². The number of carbonyl (C=O) groups is 1. The fraction of sp³-hybridized carbons (Fsp3) is 0.889. The molecule has 2 saturated carbocycles. The molecular weight excluding hydrogens is 489 g/mol. The van der Waals surface area contributed by atoms with Crippen LogP contribution in [-0.2, 0) is 9.53 Å². The molecule has 0 heterocycles. The van der Waals surface area contributed by atoms with Crippen molar-refractivity contribution in [2.24, 2.45) is 23.7 Å². The molecule has 0 spiro atoms. The fourth-order valence-electron chi connectivity index (χ4n) is 6.46.